The molecule has 122 valence electrons. The number of carboxylic acid groups (broad SMARTS) is 1. The van der Waals surface area contributed by atoms with Gasteiger partial charge >= 0.3 is 5.97 Å². The minimum Gasteiger partial charge on any atom is -0.481 e. The third-order valence-corrected chi connectivity index (χ3v) is 4.81. The highest BCUT2D eigenvalue weighted by Gasteiger charge is 2.13. The van der Waals surface area contributed by atoms with Crippen LogP contribution in [0.4, 0.5) is 0 Å². The number of benzene rings is 2. The van der Waals surface area contributed by atoms with E-state index >= 15 is 0 Å². The summed E-state index contributed by atoms with van der Waals surface area (Å²) < 4.78 is 2.04. The first-order valence-corrected chi connectivity index (χ1v) is 8.27. The predicted octanol–water partition coefficient (Wildman–Crippen LogP) is 3.49. The number of hydrogen-bond acceptors (Lipinski definition) is 3. The lowest BCUT2D eigenvalue weighted by Gasteiger charge is -2.10. The fraction of sp³-hybridized carbons (Fsp3) is 0.118. The van der Waals surface area contributed by atoms with E-state index in [1.165, 1.54) is 4.68 Å². The van der Waals surface area contributed by atoms with Crippen molar-refractivity contribution in [2.24, 2.45) is 0 Å². The fourth-order valence-corrected chi connectivity index (χ4v) is 2.95. The second-order valence-corrected chi connectivity index (χ2v) is 6.54. The zero-order valence-electron chi connectivity index (χ0n) is 12.4. The van der Waals surface area contributed by atoms with Gasteiger partial charge in [0.2, 0.25) is 0 Å². The molecule has 0 unspecified atom stereocenters. The second-order valence-electron chi connectivity index (χ2n) is 5.27. The van der Waals surface area contributed by atoms with Crippen LogP contribution in [0.15, 0.2) is 51.7 Å². The summed E-state index contributed by atoms with van der Waals surface area (Å²) in [7, 11) is 0. The van der Waals surface area contributed by atoms with E-state index in [4.69, 9.17) is 16.7 Å². The Morgan fingerprint density at radius 1 is 1.21 bits per heavy atom. The molecule has 1 heterocycles. The van der Waals surface area contributed by atoms with E-state index in [1.807, 2.05) is 6.07 Å². The number of fused-ring (bicyclic) bond motifs is 1. The van der Waals surface area contributed by atoms with Crippen LogP contribution in [0.2, 0.25) is 5.02 Å². The van der Waals surface area contributed by atoms with Gasteiger partial charge in [-0.25, -0.2) is 4.68 Å². The number of hydrogen-bond donors (Lipinski definition) is 1. The lowest BCUT2D eigenvalue weighted by Crippen LogP contribution is -2.26. The van der Waals surface area contributed by atoms with E-state index in [2.05, 4.69) is 21.0 Å². The molecule has 0 atom stereocenters. The lowest BCUT2D eigenvalue weighted by molar-refractivity contribution is -0.136. The predicted molar refractivity (Wildman–Crippen MR) is 95.6 cm³/mol. The second kappa shape index (κ2) is 6.75. The molecule has 1 aromatic heterocycles. The molecule has 0 aliphatic carbocycles. The van der Waals surface area contributed by atoms with E-state index in [0.717, 1.165) is 10.0 Å². The summed E-state index contributed by atoms with van der Waals surface area (Å²) in [5.41, 5.74) is 0.897. The quantitative estimate of drug-likeness (QED) is 0.718. The van der Waals surface area contributed by atoms with Crippen LogP contribution in [0.25, 0.3) is 10.8 Å². The van der Waals surface area contributed by atoms with Gasteiger partial charge in [0.25, 0.3) is 5.56 Å². The van der Waals surface area contributed by atoms with Crippen LogP contribution in [0, 0.1) is 0 Å². The van der Waals surface area contributed by atoms with Crippen LogP contribution in [0.5, 0.6) is 0 Å². The molecule has 0 amide bonds. The molecule has 0 aliphatic rings. The molecule has 0 aliphatic heterocycles. The Hall–Kier alpha value is -2.18. The maximum Gasteiger partial charge on any atom is 0.309 e. The Labute approximate surface area is 150 Å². The first kappa shape index (κ1) is 16.7. The number of halogens is 2. The normalized spacial score (nSPS) is 10.9. The summed E-state index contributed by atoms with van der Waals surface area (Å²) in [6.07, 6.45) is -0.248. The Bertz CT molecular complexity index is 1000. The van der Waals surface area contributed by atoms with Crippen molar-refractivity contribution in [2.75, 3.05) is 0 Å². The van der Waals surface area contributed by atoms with Crippen LogP contribution in [-0.2, 0) is 17.8 Å². The highest BCUT2D eigenvalue weighted by atomic mass is 79.9. The van der Waals surface area contributed by atoms with Crippen LogP contribution < -0.4 is 5.56 Å². The van der Waals surface area contributed by atoms with Gasteiger partial charge in [0.15, 0.2) is 0 Å². The molecule has 24 heavy (non-hydrogen) atoms. The molecule has 3 aromatic rings. The first-order valence-electron chi connectivity index (χ1n) is 7.10. The molecule has 0 saturated heterocycles. The smallest absolute Gasteiger partial charge is 0.309 e. The van der Waals surface area contributed by atoms with Crippen molar-refractivity contribution in [1.29, 1.82) is 0 Å². The van der Waals surface area contributed by atoms with E-state index in [1.54, 1.807) is 36.4 Å². The van der Waals surface area contributed by atoms with Crippen molar-refractivity contribution in [1.82, 2.24) is 9.78 Å². The molecule has 0 bridgehead atoms. The van der Waals surface area contributed by atoms with Crippen LogP contribution in [-0.4, -0.2) is 20.9 Å². The topological polar surface area (TPSA) is 72.2 Å². The molecule has 3 rings (SSSR count). The summed E-state index contributed by atoms with van der Waals surface area (Å²) in [5.74, 6) is -0.996. The maximum atomic E-state index is 12.6. The van der Waals surface area contributed by atoms with Gasteiger partial charge in [0, 0.05) is 9.86 Å². The molecule has 0 spiro atoms. The van der Waals surface area contributed by atoms with E-state index in [0.29, 0.717) is 21.5 Å². The van der Waals surface area contributed by atoms with Crippen LogP contribution >= 0.6 is 27.5 Å². The lowest BCUT2D eigenvalue weighted by atomic mass is 10.1. The standard InChI is InChI=1S/C17H12BrClN2O3/c18-13-6-5-10(7-14(13)19)9-21-17(24)12-4-2-1-3-11(12)15(20-21)8-16(22)23/h1-7H,8-9H2,(H,22,23). The number of aromatic nitrogens is 2. The summed E-state index contributed by atoms with van der Waals surface area (Å²) in [5, 5.41) is 14.9. The average molecular weight is 408 g/mol. The monoisotopic (exact) mass is 406 g/mol. The number of rotatable bonds is 4. The molecular weight excluding hydrogens is 396 g/mol. The van der Waals surface area contributed by atoms with Crippen molar-refractivity contribution in [3.8, 4) is 0 Å². The van der Waals surface area contributed by atoms with Gasteiger partial charge in [0.1, 0.15) is 0 Å². The zero-order chi connectivity index (χ0) is 17.3. The third-order valence-electron chi connectivity index (χ3n) is 3.58. The third kappa shape index (κ3) is 3.34. The van der Waals surface area contributed by atoms with Crippen molar-refractivity contribution in [3.63, 3.8) is 0 Å². The van der Waals surface area contributed by atoms with Crippen molar-refractivity contribution in [2.45, 2.75) is 13.0 Å². The van der Waals surface area contributed by atoms with Crippen LogP contribution in [0.1, 0.15) is 11.3 Å². The Balaban J connectivity index is 2.13. The maximum absolute atomic E-state index is 12.6. The molecular formula is C17H12BrClN2O3. The average Bonchev–Trinajstić information content (AvgIpc) is 2.55. The van der Waals surface area contributed by atoms with Gasteiger partial charge in [-0.2, -0.15) is 5.10 Å². The highest BCUT2D eigenvalue weighted by molar-refractivity contribution is 9.10. The molecule has 0 saturated carbocycles. The van der Waals surface area contributed by atoms with Gasteiger partial charge in [0.05, 0.1) is 29.1 Å². The van der Waals surface area contributed by atoms with Gasteiger partial charge in [-0.1, -0.05) is 35.9 Å². The highest BCUT2D eigenvalue weighted by Crippen LogP contribution is 2.23. The first-order chi connectivity index (χ1) is 11.5. The summed E-state index contributed by atoms with van der Waals surface area (Å²) in [4.78, 5) is 23.7. The van der Waals surface area contributed by atoms with Crippen molar-refractivity contribution < 1.29 is 9.90 Å². The number of carboxylic acids is 1. The minimum absolute atomic E-state index is 0.212. The van der Waals surface area contributed by atoms with Crippen molar-refractivity contribution >= 4 is 44.3 Å². The Morgan fingerprint density at radius 3 is 2.58 bits per heavy atom. The van der Waals surface area contributed by atoms with Gasteiger partial charge in [-0.05, 0) is 39.7 Å². The fourth-order valence-electron chi connectivity index (χ4n) is 2.50. The van der Waals surface area contributed by atoms with Crippen LogP contribution in [0.3, 0.4) is 0 Å². The SMILES string of the molecule is O=C(O)Cc1nn(Cc2ccc(Br)c(Cl)c2)c(=O)c2ccccc12. The molecule has 0 fully saturated rings. The van der Waals surface area contributed by atoms with E-state index in [9.17, 15) is 9.59 Å². The molecule has 0 radical (unpaired) electrons. The number of carbonyl (C=O) groups is 1. The van der Waals surface area contributed by atoms with Gasteiger partial charge < -0.3 is 5.11 Å². The van der Waals surface area contributed by atoms with Crippen molar-refractivity contribution in [3.05, 3.63) is 73.6 Å². The van der Waals surface area contributed by atoms with Gasteiger partial charge in [-0.3, -0.25) is 9.59 Å². The Kier molecular flexibility index (Phi) is 4.69. The Morgan fingerprint density at radius 2 is 1.92 bits per heavy atom. The molecule has 2 aromatic carbocycles. The zero-order valence-corrected chi connectivity index (χ0v) is 14.7. The molecule has 7 heteroatoms. The summed E-state index contributed by atoms with van der Waals surface area (Å²) >= 11 is 9.40. The van der Waals surface area contributed by atoms with E-state index < -0.39 is 5.97 Å². The largest absolute Gasteiger partial charge is 0.481 e. The number of nitrogens with zero attached hydrogens (tertiary/aromatic N) is 2. The summed E-state index contributed by atoms with van der Waals surface area (Å²) in [6, 6.07) is 12.3. The van der Waals surface area contributed by atoms with Gasteiger partial charge in [-0.15, -0.1) is 0 Å². The molecule has 5 nitrogen and oxygen atoms in total. The number of aliphatic carboxylic acids is 1. The molecule has 1 N–H and O–H groups in total. The van der Waals surface area contributed by atoms with E-state index in [-0.39, 0.29) is 18.5 Å². The summed E-state index contributed by atoms with van der Waals surface area (Å²) in [6.45, 7) is 0.212. The minimum atomic E-state index is -0.996.